The Bertz CT molecular complexity index is 615. The van der Waals surface area contributed by atoms with E-state index in [1.807, 2.05) is 13.0 Å². The van der Waals surface area contributed by atoms with Crippen molar-refractivity contribution in [2.24, 2.45) is 0 Å². The lowest BCUT2D eigenvalue weighted by Gasteiger charge is -2.24. The number of nitrogens with one attached hydrogen (secondary N) is 2. The Hall–Kier alpha value is -2.64. The van der Waals surface area contributed by atoms with E-state index in [2.05, 4.69) is 21.7 Å². The smallest absolute Gasteiger partial charge is 0.237 e. The Balaban J connectivity index is 1.68. The molecule has 1 aliphatic heterocycles. The first kappa shape index (κ1) is 16.7. The van der Waals surface area contributed by atoms with Gasteiger partial charge in [0.05, 0.1) is 18.2 Å². The predicted octanol–water partition coefficient (Wildman–Crippen LogP) is 0.858. The molecule has 0 aliphatic carbocycles. The fraction of sp³-hybridized carbons (Fsp3) is 0.500. The summed E-state index contributed by atoms with van der Waals surface area (Å²) in [5.74, 6) is 0.660. The molecule has 1 aromatic rings. The summed E-state index contributed by atoms with van der Waals surface area (Å²) in [5.41, 5.74) is 0.519. The number of rotatable bonds is 6. The number of aromatic nitrogens is 1. The largest absolute Gasteiger partial charge is 0.369 e. The molecule has 1 aliphatic rings. The zero-order valence-corrected chi connectivity index (χ0v) is 13.1. The first-order valence-corrected chi connectivity index (χ1v) is 7.67. The normalized spacial score (nSPS) is 19.9. The molecular formula is C16H20N6O. The highest BCUT2D eigenvalue weighted by Crippen LogP contribution is 2.23. The molecule has 0 aromatic carbocycles. The lowest BCUT2D eigenvalue weighted by Crippen LogP contribution is -2.44. The average Bonchev–Trinajstić information content (AvgIpc) is 2.95. The van der Waals surface area contributed by atoms with Gasteiger partial charge in [0.25, 0.3) is 0 Å². The molecule has 0 radical (unpaired) electrons. The number of carbonyl (C=O) groups is 1. The van der Waals surface area contributed by atoms with Crippen LogP contribution in [0.5, 0.6) is 0 Å². The highest BCUT2D eigenvalue weighted by molar-refractivity contribution is 5.79. The molecule has 2 atom stereocenters. The van der Waals surface area contributed by atoms with E-state index in [0.29, 0.717) is 24.5 Å². The minimum Gasteiger partial charge on any atom is -0.369 e. The fourth-order valence-corrected chi connectivity index (χ4v) is 2.66. The second-order valence-corrected chi connectivity index (χ2v) is 5.52. The Labute approximate surface area is 135 Å². The summed E-state index contributed by atoms with van der Waals surface area (Å²) in [6, 6.07) is 7.49. The fourth-order valence-electron chi connectivity index (χ4n) is 2.66. The van der Waals surface area contributed by atoms with Crippen molar-refractivity contribution in [2.45, 2.75) is 31.8 Å². The summed E-state index contributed by atoms with van der Waals surface area (Å²) >= 11 is 0. The van der Waals surface area contributed by atoms with Crippen molar-refractivity contribution in [3.63, 3.8) is 0 Å². The molecule has 2 heterocycles. The zero-order chi connectivity index (χ0) is 16.7. The SMILES string of the molecule is C[C@H]1CC[C@@H](C#N)N1C(=O)CNCCNc1ccc(C#N)cn1. The van der Waals surface area contributed by atoms with Gasteiger partial charge in [0.15, 0.2) is 0 Å². The van der Waals surface area contributed by atoms with E-state index in [4.69, 9.17) is 10.5 Å². The van der Waals surface area contributed by atoms with Crippen molar-refractivity contribution in [3.05, 3.63) is 23.9 Å². The van der Waals surface area contributed by atoms with Crippen LogP contribution in [0.3, 0.4) is 0 Å². The number of hydrogen-bond donors (Lipinski definition) is 2. The maximum Gasteiger partial charge on any atom is 0.237 e. The summed E-state index contributed by atoms with van der Waals surface area (Å²) in [6.45, 7) is 3.43. The second-order valence-electron chi connectivity index (χ2n) is 5.52. The molecule has 0 saturated carbocycles. The molecule has 7 heteroatoms. The number of amides is 1. The van der Waals surface area contributed by atoms with Crippen LogP contribution < -0.4 is 10.6 Å². The van der Waals surface area contributed by atoms with Gasteiger partial charge in [-0.25, -0.2) is 4.98 Å². The summed E-state index contributed by atoms with van der Waals surface area (Å²) in [6.07, 6.45) is 3.15. The van der Waals surface area contributed by atoms with Crippen molar-refractivity contribution in [1.82, 2.24) is 15.2 Å². The van der Waals surface area contributed by atoms with Crippen LogP contribution in [0.25, 0.3) is 0 Å². The van der Waals surface area contributed by atoms with Crippen LogP contribution in [0.2, 0.25) is 0 Å². The highest BCUT2D eigenvalue weighted by atomic mass is 16.2. The number of nitriles is 2. The van der Waals surface area contributed by atoms with Gasteiger partial charge in [-0.15, -0.1) is 0 Å². The lowest BCUT2D eigenvalue weighted by molar-refractivity contribution is -0.131. The monoisotopic (exact) mass is 312 g/mol. The molecule has 2 N–H and O–H groups in total. The first-order chi connectivity index (χ1) is 11.2. The number of likely N-dealkylation sites (tertiary alicyclic amines) is 1. The van der Waals surface area contributed by atoms with Gasteiger partial charge in [-0.05, 0) is 31.9 Å². The second kappa shape index (κ2) is 8.11. The zero-order valence-electron chi connectivity index (χ0n) is 13.1. The summed E-state index contributed by atoms with van der Waals surface area (Å²) in [7, 11) is 0. The van der Waals surface area contributed by atoms with Gasteiger partial charge in [0.1, 0.15) is 17.9 Å². The topological polar surface area (TPSA) is 105 Å². The van der Waals surface area contributed by atoms with Gasteiger partial charge in [0, 0.05) is 25.3 Å². The Kier molecular flexibility index (Phi) is 5.90. The molecule has 7 nitrogen and oxygen atoms in total. The van der Waals surface area contributed by atoms with Crippen molar-refractivity contribution in [1.29, 1.82) is 10.5 Å². The van der Waals surface area contributed by atoms with Crippen LogP contribution in [0.15, 0.2) is 18.3 Å². The average molecular weight is 312 g/mol. The van der Waals surface area contributed by atoms with E-state index < -0.39 is 0 Å². The van der Waals surface area contributed by atoms with E-state index in [9.17, 15) is 4.79 Å². The Morgan fingerprint density at radius 1 is 1.39 bits per heavy atom. The van der Waals surface area contributed by atoms with E-state index >= 15 is 0 Å². The van der Waals surface area contributed by atoms with Crippen molar-refractivity contribution >= 4 is 11.7 Å². The van der Waals surface area contributed by atoms with Gasteiger partial charge in [0.2, 0.25) is 5.91 Å². The predicted molar refractivity (Wildman–Crippen MR) is 85.3 cm³/mol. The van der Waals surface area contributed by atoms with E-state index in [1.54, 1.807) is 17.0 Å². The molecule has 120 valence electrons. The third-order valence-electron chi connectivity index (χ3n) is 3.88. The van der Waals surface area contributed by atoms with Crippen LogP contribution in [0.4, 0.5) is 5.82 Å². The highest BCUT2D eigenvalue weighted by Gasteiger charge is 2.33. The van der Waals surface area contributed by atoms with Crippen molar-refractivity contribution in [3.8, 4) is 12.1 Å². The standard InChI is InChI=1S/C16H20N6O/c1-12-2-4-14(9-18)22(12)16(23)11-19-6-7-20-15-5-3-13(8-17)10-21-15/h3,5,10,12,14,19H,2,4,6-7,11H2,1H3,(H,20,21)/t12-,14-/m0/s1. The molecule has 0 unspecified atom stereocenters. The first-order valence-electron chi connectivity index (χ1n) is 7.67. The molecule has 1 fully saturated rings. The summed E-state index contributed by atoms with van der Waals surface area (Å²) < 4.78 is 0. The van der Waals surface area contributed by atoms with Crippen LogP contribution in [0.1, 0.15) is 25.3 Å². The van der Waals surface area contributed by atoms with E-state index in [-0.39, 0.29) is 24.5 Å². The van der Waals surface area contributed by atoms with Gasteiger partial charge < -0.3 is 15.5 Å². The molecule has 0 bridgehead atoms. The quantitative estimate of drug-likeness (QED) is 0.755. The number of anilines is 1. The van der Waals surface area contributed by atoms with Gasteiger partial charge in [-0.3, -0.25) is 4.79 Å². The van der Waals surface area contributed by atoms with Crippen LogP contribution in [0, 0.1) is 22.7 Å². The van der Waals surface area contributed by atoms with Gasteiger partial charge >= 0.3 is 0 Å². The number of carbonyl (C=O) groups excluding carboxylic acids is 1. The molecule has 0 spiro atoms. The molecule has 2 rings (SSSR count). The number of nitrogens with zero attached hydrogens (tertiary/aromatic N) is 4. The Morgan fingerprint density at radius 2 is 2.22 bits per heavy atom. The van der Waals surface area contributed by atoms with Gasteiger partial charge in [-0.2, -0.15) is 10.5 Å². The van der Waals surface area contributed by atoms with E-state index in [1.165, 1.54) is 6.20 Å². The maximum absolute atomic E-state index is 12.2. The third-order valence-corrected chi connectivity index (χ3v) is 3.88. The summed E-state index contributed by atoms with van der Waals surface area (Å²) in [5, 5.41) is 24.0. The van der Waals surface area contributed by atoms with Crippen LogP contribution >= 0.6 is 0 Å². The molecule has 1 saturated heterocycles. The molecular weight excluding hydrogens is 292 g/mol. The molecule has 23 heavy (non-hydrogen) atoms. The lowest BCUT2D eigenvalue weighted by atomic mass is 10.2. The van der Waals surface area contributed by atoms with Crippen molar-refractivity contribution < 1.29 is 4.79 Å². The molecule has 1 aromatic heterocycles. The molecule has 1 amide bonds. The minimum atomic E-state index is -0.291. The summed E-state index contributed by atoms with van der Waals surface area (Å²) in [4.78, 5) is 18.0. The number of hydrogen-bond acceptors (Lipinski definition) is 6. The third kappa shape index (κ3) is 4.41. The Morgan fingerprint density at radius 3 is 2.87 bits per heavy atom. The maximum atomic E-state index is 12.2. The van der Waals surface area contributed by atoms with E-state index in [0.717, 1.165) is 12.8 Å². The van der Waals surface area contributed by atoms with Crippen LogP contribution in [-0.2, 0) is 4.79 Å². The van der Waals surface area contributed by atoms with Gasteiger partial charge in [-0.1, -0.05) is 0 Å². The van der Waals surface area contributed by atoms with Crippen LogP contribution in [-0.4, -0.2) is 47.5 Å². The van der Waals surface area contributed by atoms with Crippen molar-refractivity contribution in [2.75, 3.05) is 25.0 Å². The number of pyridine rings is 1. The minimum absolute atomic E-state index is 0.0296.